The molecule has 1 N–H and O–H groups in total. The third-order valence-electron chi connectivity index (χ3n) is 2.35. The summed E-state index contributed by atoms with van der Waals surface area (Å²) in [6, 6.07) is 11.2. The zero-order valence-electron chi connectivity index (χ0n) is 9.32. The molecule has 0 amide bonds. The maximum absolute atomic E-state index is 8.70. The highest BCUT2D eigenvalue weighted by molar-refractivity contribution is 9.10. The first-order valence-corrected chi connectivity index (χ1v) is 6.40. The minimum absolute atomic E-state index is 0.568. The standard InChI is InChI=1S/C13H9BrClN3/c14-11-5-12(15)13(18-8-11)17-7-10-3-1-9(6-16)2-4-10/h1-5,8H,7H2,(H,17,18). The van der Waals surface area contributed by atoms with Crippen molar-refractivity contribution in [2.45, 2.75) is 6.54 Å². The van der Waals surface area contributed by atoms with Crippen LogP contribution >= 0.6 is 27.5 Å². The molecule has 0 atom stereocenters. The molecule has 0 bridgehead atoms. The number of benzene rings is 1. The number of nitrogens with zero attached hydrogens (tertiary/aromatic N) is 2. The largest absolute Gasteiger partial charge is 0.365 e. The van der Waals surface area contributed by atoms with Crippen LogP contribution in [0.4, 0.5) is 5.82 Å². The summed E-state index contributed by atoms with van der Waals surface area (Å²) in [5, 5.41) is 12.4. The smallest absolute Gasteiger partial charge is 0.145 e. The van der Waals surface area contributed by atoms with Gasteiger partial charge in [-0.1, -0.05) is 23.7 Å². The topological polar surface area (TPSA) is 48.7 Å². The fourth-order valence-corrected chi connectivity index (χ4v) is 2.12. The Morgan fingerprint density at radius 1 is 1.33 bits per heavy atom. The Bertz CT molecular complexity index is 590. The van der Waals surface area contributed by atoms with Crippen LogP contribution in [0.1, 0.15) is 11.1 Å². The molecule has 18 heavy (non-hydrogen) atoms. The lowest BCUT2D eigenvalue weighted by Crippen LogP contribution is -2.01. The van der Waals surface area contributed by atoms with Gasteiger partial charge in [-0.25, -0.2) is 4.98 Å². The first-order chi connectivity index (χ1) is 8.69. The quantitative estimate of drug-likeness (QED) is 0.930. The molecule has 0 aliphatic carbocycles. The van der Waals surface area contributed by atoms with Crippen LogP contribution in [0.25, 0.3) is 0 Å². The molecule has 0 aliphatic rings. The molecule has 0 saturated heterocycles. The van der Waals surface area contributed by atoms with Gasteiger partial charge in [0.05, 0.1) is 16.7 Å². The SMILES string of the molecule is N#Cc1ccc(CNc2ncc(Br)cc2Cl)cc1. The number of nitrogens with one attached hydrogen (secondary N) is 1. The minimum Gasteiger partial charge on any atom is -0.365 e. The van der Waals surface area contributed by atoms with Crippen molar-refractivity contribution in [2.24, 2.45) is 0 Å². The predicted molar refractivity (Wildman–Crippen MR) is 75.4 cm³/mol. The van der Waals surface area contributed by atoms with E-state index in [4.69, 9.17) is 16.9 Å². The normalized spacial score (nSPS) is 9.83. The molecule has 1 aromatic heterocycles. The van der Waals surface area contributed by atoms with Crippen molar-refractivity contribution in [1.29, 1.82) is 5.26 Å². The number of hydrogen-bond acceptors (Lipinski definition) is 3. The first-order valence-electron chi connectivity index (χ1n) is 5.23. The Kier molecular flexibility index (Phi) is 4.19. The highest BCUT2D eigenvalue weighted by Gasteiger charge is 2.02. The van der Waals surface area contributed by atoms with Crippen molar-refractivity contribution in [3.05, 3.63) is 57.2 Å². The fourth-order valence-electron chi connectivity index (χ4n) is 1.43. The molecule has 0 aliphatic heterocycles. The van der Waals surface area contributed by atoms with Crippen LogP contribution in [0.3, 0.4) is 0 Å². The van der Waals surface area contributed by atoms with Crippen molar-refractivity contribution in [3.63, 3.8) is 0 Å². The maximum Gasteiger partial charge on any atom is 0.145 e. The van der Waals surface area contributed by atoms with E-state index in [1.807, 2.05) is 12.1 Å². The van der Waals surface area contributed by atoms with Gasteiger partial charge in [0.25, 0.3) is 0 Å². The van der Waals surface area contributed by atoms with Crippen LogP contribution in [-0.2, 0) is 6.54 Å². The van der Waals surface area contributed by atoms with Crippen molar-refractivity contribution in [2.75, 3.05) is 5.32 Å². The van der Waals surface area contributed by atoms with E-state index in [-0.39, 0.29) is 0 Å². The second-order valence-electron chi connectivity index (χ2n) is 3.65. The van der Waals surface area contributed by atoms with E-state index in [9.17, 15) is 0 Å². The van der Waals surface area contributed by atoms with E-state index in [2.05, 4.69) is 32.3 Å². The van der Waals surface area contributed by atoms with Crippen LogP contribution in [0.5, 0.6) is 0 Å². The van der Waals surface area contributed by atoms with Gasteiger partial charge >= 0.3 is 0 Å². The lowest BCUT2D eigenvalue weighted by Gasteiger charge is -2.07. The predicted octanol–water partition coefficient (Wildman–Crippen LogP) is 3.98. The van der Waals surface area contributed by atoms with Gasteiger partial charge in [-0.3, -0.25) is 0 Å². The summed E-state index contributed by atoms with van der Waals surface area (Å²) >= 11 is 9.35. The van der Waals surface area contributed by atoms with E-state index < -0.39 is 0 Å². The molecule has 1 heterocycles. The Hall–Kier alpha value is -1.57. The van der Waals surface area contributed by atoms with Crippen LogP contribution < -0.4 is 5.32 Å². The van der Waals surface area contributed by atoms with Crippen LogP contribution in [0, 0.1) is 11.3 Å². The molecule has 2 rings (SSSR count). The van der Waals surface area contributed by atoms with E-state index in [1.165, 1.54) is 0 Å². The summed E-state index contributed by atoms with van der Waals surface area (Å²) in [6.45, 7) is 0.611. The van der Waals surface area contributed by atoms with Crippen molar-refractivity contribution in [3.8, 4) is 6.07 Å². The van der Waals surface area contributed by atoms with Gasteiger partial charge in [0.2, 0.25) is 0 Å². The van der Waals surface area contributed by atoms with Gasteiger partial charge in [0, 0.05) is 17.2 Å². The number of pyridine rings is 1. The molecule has 3 nitrogen and oxygen atoms in total. The minimum atomic E-state index is 0.568. The zero-order chi connectivity index (χ0) is 13.0. The summed E-state index contributed by atoms with van der Waals surface area (Å²) in [7, 11) is 0. The Morgan fingerprint density at radius 3 is 2.67 bits per heavy atom. The summed E-state index contributed by atoms with van der Waals surface area (Å²) < 4.78 is 0.844. The molecule has 90 valence electrons. The molecule has 5 heteroatoms. The molecule has 0 fully saturated rings. The molecule has 0 spiro atoms. The maximum atomic E-state index is 8.70. The molecule has 0 saturated carbocycles. The Balaban J connectivity index is 2.04. The van der Waals surface area contributed by atoms with Crippen LogP contribution in [0.2, 0.25) is 5.02 Å². The molecular weight excluding hydrogens is 314 g/mol. The van der Waals surface area contributed by atoms with E-state index >= 15 is 0 Å². The number of hydrogen-bond donors (Lipinski definition) is 1. The van der Waals surface area contributed by atoms with E-state index in [0.29, 0.717) is 22.9 Å². The average molecular weight is 323 g/mol. The van der Waals surface area contributed by atoms with Crippen molar-refractivity contribution in [1.82, 2.24) is 4.98 Å². The molecule has 2 aromatic rings. The Labute approximate surface area is 119 Å². The molecule has 0 unspecified atom stereocenters. The van der Waals surface area contributed by atoms with E-state index in [0.717, 1.165) is 10.0 Å². The molecular formula is C13H9BrClN3. The monoisotopic (exact) mass is 321 g/mol. The first kappa shape index (κ1) is 12.9. The lowest BCUT2D eigenvalue weighted by molar-refractivity contribution is 1.11. The van der Waals surface area contributed by atoms with Crippen LogP contribution in [0.15, 0.2) is 41.0 Å². The van der Waals surface area contributed by atoms with Gasteiger partial charge in [0.1, 0.15) is 5.82 Å². The summed E-state index contributed by atoms with van der Waals surface area (Å²) in [6.07, 6.45) is 1.69. The summed E-state index contributed by atoms with van der Waals surface area (Å²) in [5.41, 5.74) is 1.72. The Morgan fingerprint density at radius 2 is 2.06 bits per heavy atom. The average Bonchev–Trinajstić information content (AvgIpc) is 2.38. The number of halogens is 2. The van der Waals surface area contributed by atoms with Gasteiger partial charge in [-0.2, -0.15) is 5.26 Å². The molecule has 1 aromatic carbocycles. The third-order valence-corrected chi connectivity index (χ3v) is 3.07. The summed E-state index contributed by atoms with van der Waals surface area (Å²) in [5.74, 6) is 0.643. The van der Waals surface area contributed by atoms with Gasteiger partial charge in [-0.05, 0) is 39.7 Å². The highest BCUT2D eigenvalue weighted by atomic mass is 79.9. The third kappa shape index (κ3) is 3.22. The second-order valence-corrected chi connectivity index (χ2v) is 4.97. The van der Waals surface area contributed by atoms with Crippen molar-refractivity contribution < 1.29 is 0 Å². The van der Waals surface area contributed by atoms with Gasteiger partial charge in [0.15, 0.2) is 0 Å². The second kappa shape index (κ2) is 5.85. The van der Waals surface area contributed by atoms with E-state index in [1.54, 1.807) is 24.4 Å². The summed E-state index contributed by atoms with van der Waals surface area (Å²) in [4.78, 5) is 4.18. The van der Waals surface area contributed by atoms with Crippen molar-refractivity contribution >= 4 is 33.3 Å². The lowest BCUT2D eigenvalue weighted by atomic mass is 10.1. The fraction of sp³-hybridized carbons (Fsp3) is 0.0769. The number of rotatable bonds is 3. The zero-order valence-corrected chi connectivity index (χ0v) is 11.7. The van der Waals surface area contributed by atoms with Crippen LogP contribution in [-0.4, -0.2) is 4.98 Å². The number of aromatic nitrogens is 1. The number of nitriles is 1. The van der Waals surface area contributed by atoms with Gasteiger partial charge in [-0.15, -0.1) is 0 Å². The number of anilines is 1. The molecule has 0 radical (unpaired) electrons. The van der Waals surface area contributed by atoms with Gasteiger partial charge < -0.3 is 5.32 Å². The highest BCUT2D eigenvalue weighted by Crippen LogP contribution is 2.23.